The summed E-state index contributed by atoms with van der Waals surface area (Å²) in [5, 5.41) is 0.266. The first-order valence-corrected chi connectivity index (χ1v) is 8.24. The number of hydrogen-bond acceptors (Lipinski definition) is 2. The molecule has 0 atom stereocenters. The molecule has 0 saturated heterocycles. The van der Waals surface area contributed by atoms with E-state index >= 15 is 0 Å². The highest BCUT2D eigenvalue weighted by Gasteiger charge is 2.37. The lowest BCUT2D eigenvalue weighted by Crippen LogP contribution is -2.40. The van der Waals surface area contributed by atoms with Crippen LogP contribution in [-0.4, -0.2) is 17.9 Å². The minimum absolute atomic E-state index is 0.266. The molecule has 0 radical (unpaired) electrons. The lowest BCUT2D eigenvalue weighted by atomic mass is 10.2. The third-order valence-electron chi connectivity index (χ3n) is 3.15. The zero-order valence-corrected chi connectivity index (χ0v) is 11.7. The fraction of sp³-hybridized carbons (Fsp3) is 0.727. The predicted octanol–water partition coefficient (Wildman–Crippen LogP) is 2.94. The zero-order valence-electron chi connectivity index (χ0n) is 10.7. The molecule has 0 unspecified atom stereocenters. The molecule has 4 heteroatoms. The maximum absolute atomic E-state index is 6.06. The van der Waals surface area contributed by atoms with E-state index in [0.717, 1.165) is 5.69 Å². The van der Waals surface area contributed by atoms with Gasteiger partial charge in [0.1, 0.15) is 0 Å². The van der Waals surface area contributed by atoms with E-state index < -0.39 is 8.32 Å². The average Bonchev–Trinajstić information content (AvgIpc) is 2.46. The monoisotopic (exact) mass is 226 g/mol. The summed E-state index contributed by atoms with van der Waals surface area (Å²) in [7, 11) is 0.347. The van der Waals surface area contributed by atoms with Gasteiger partial charge in [0.15, 0.2) is 8.32 Å². The first-order chi connectivity index (χ1) is 6.72. The van der Waals surface area contributed by atoms with Crippen molar-refractivity contribution in [3.05, 3.63) is 18.2 Å². The van der Waals surface area contributed by atoms with Crippen LogP contribution in [0.5, 0.6) is 0 Å². The van der Waals surface area contributed by atoms with Crippen molar-refractivity contribution in [1.29, 1.82) is 0 Å². The van der Waals surface area contributed by atoms with Crippen molar-refractivity contribution in [3.63, 3.8) is 0 Å². The quantitative estimate of drug-likeness (QED) is 0.741. The predicted molar refractivity (Wildman–Crippen MR) is 65.2 cm³/mol. The van der Waals surface area contributed by atoms with Crippen molar-refractivity contribution in [2.24, 2.45) is 7.05 Å². The van der Waals surface area contributed by atoms with Gasteiger partial charge in [0, 0.05) is 13.2 Å². The Morgan fingerprint density at radius 3 is 2.40 bits per heavy atom. The highest BCUT2D eigenvalue weighted by Crippen LogP contribution is 2.36. The van der Waals surface area contributed by atoms with E-state index in [4.69, 9.17) is 4.43 Å². The van der Waals surface area contributed by atoms with E-state index in [1.54, 1.807) is 0 Å². The molecule has 0 aromatic carbocycles. The molecule has 0 aliphatic carbocycles. The number of aryl methyl sites for hydroxylation is 1. The molecule has 1 aromatic rings. The third kappa shape index (κ3) is 3.17. The second-order valence-corrected chi connectivity index (χ2v) is 10.4. The summed E-state index contributed by atoms with van der Waals surface area (Å²) < 4.78 is 8.01. The first kappa shape index (κ1) is 12.5. The molecule has 15 heavy (non-hydrogen) atoms. The molecule has 86 valence electrons. The van der Waals surface area contributed by atoms with Gasteiger partial charge in [0.25, 0.3) is 0 Å². The van der Waals surface area contributed by atoms with Crippen LogP contribution in [0.2, 0.25) is 18.1 Å². The standard InChI is InChI=1S/C11H22N2OSi/c1-11(2,3)15(5,6)14-8-10-7-13(4)9-12-10/h7,9H,8H2,1-6H3. The molecule has 0 amide bonds. The van der Waals surface area contributed by atoms with Crippen molar-refractivity contribution in [2.75, 3.05) is 0 Å². The first-order valence-electron chi connectivity index (χ1n) is 5.33. The molecular formula is C11H22N2OSi. The molecule has 0 aliphatic rings. The van der Waals surface area contributed by atoms with Crippen LogP contribution in [-0.2, 0) is 18.1 Å². The Bertz CT molecular complexity index is 326. The van der Waals surface area contributed by atoms with Crippen LogP contribution in [0, 0.1) is 0 Å². The average molecular weight is 226 g/mol. The Labute approximate surface area is 93.6 Å². The summed E-state index contributed by atoms with van der Waals surface area (Å²) >= 11 is 0. The van der Waals surface area contributed by atoms with E-state index in [1.807, 2.05) is 24.1 Å². The van der Waals surface area contributed by atoms with Gasteiger partial charge in [-0.25, -0.2) is 4.98 Å². The minimum atomic E-state index is -1.63. The van der Waals surface area contributed by atoms with Crippen LogP contribution in [0.25, 0.3) is 0 Å². The highest BCUT2D eigenvalue weighted by molar-refractivity contribution is 6.74. The highest BCUT2D eigenvalue weighted by atomic mass is 28.4. The van der Waals surface area contributed by atoms with Crippen LogP contribution in [0.3, 0.4) is 0 Å². The maximum atomic E-state index is 6.06. The molecule has 0 saturated carbocycles. The Morgan fingerprint density at radius 2 is 2.00 bits per heavy atom. The third-order valence-corrected chi connectivity index (χ3v) is 7.62. The van der Waals surface area contributed by atoms with E-state index in [0.29, 0.717) is 6.61 Å². The number of aromatic nitrogens is 2. The Kier molecular flexibility index (Phi) is 3.40. The topological polar surface area (TPSA) is 27.1 Å². The molecule has 1 rings (SSSR count). The minimum Gasteiger partial charge on any atom is -0.411 e. The number of rotatable bonds is 3. The molecule has 0 spiro atoms. The summed E-state index contributed by atoms with van der Waals surface area (Å²) in [6.45, 7) is 11.9. The second kappa shape index (κ2) is 4.10. The summed E-state index contributed by atoms with van der Waals surface area (Å²) in [6.07, 6.45) is 3.82. The second-order valence-electron chi connectivity index (χ2n) is 5.58. The molecular weight excluding hydrogens is 204 g/mol. The van der Waals surface area contributed by atoms with Crippen LogP contribution in [0.1, 0.15) is 26.5 Å². The molecule has 3 nitrogen and oxygen atoms in total. The fourth-order valence-corrected chi connectivity index (χ4v) is 1.95. The largest absolute Gasteiger partial charge is 0.411 e. The van der Waals surface area contributed by atoms with Crippen molar-refractivity contribution < 1.29 is 4.43 Å². The van der Waals surface area contributed by atoms with Gasteiger partial charge in [0.2, 0.25) is 0 Å². The van der Waals surface area contributed by atoms with Gasteiger partial charge < -0.3 is 8.99 Å². The maximum Gasteiger partial charge on any atom is 0.192 e. The Hall–Kier alpha value is -0.613. The van der Waals surface area contributed by atoms with Gasteiger partial charge in [-0.05, 0) is 18.1 Å². The Balaban J connectivity index is 2.57. The summed E-state index contributed by atoms with van der Waals surface area (Å²) in [5.74, 6) is 0. The van der Waals surface area contributed by atoms with E-state index in [1.165, 1.54) is 0 Å². The van der Waals surface area contributed by atoms with Crippen molar-refractivity contribution >= 4 is 8.32 Å². The Morgan fingerprint density at radius 1 is 1.40 bits per heavy atom. The smallest absolute Gasteiger partial charge is 0.192 e. The van der Waals surface area contributed by atoms with E-state index in [2.05, 4.69) is 38.8 Å². The van der Waals surface area contributed by atoms with Gasteiger partial charge in [0.05, 0.1) is 18.6 Å². The lowest BCUT2D eigenvalue weighted by molar-refractivity contribution is 0.272. The molecule has 1 heterocycles. The molecule has 0 fully saturated rings. The lowest BCUT2D eigenvalue weighted by Gasteiger charge is -2.35. The van der Waals surface area contributed by atoms with Gasteiger partial charge >= 0.3 is 0 Å². The van der Waals surface area contributed by atoms with Crippen molar-refractivity contribution in [2.45, 2.75) is 45.5 Å². The van der Waals surface area contributed by atoms with Crippen LogP contribution < -0.4 is 0 Å². The van der Waals surface area contributed by atoms with Gasteiger partial charge in [-0.3, -0.25) is 0 Å². The number of hydrogen-bond donors (Lipinski definition) is 0. The SMILES string of the molecule is Cn1cnc(CO[Si](C)(C)C(C)(C)C)c1. The molecule has 0 bridgehead atoms. The normalized spacial score (nSPS) is 13.2. The summed E-state index contributed by atoms with van der Waals surface area (Å²) in [6, 6.07) is 0. The molecule has 1 aromatic heterocycles. The van der Waals surface area contributed by atoms with Gasteiger partial charge in [-0.1, -0.05) is 20.8 Å². The van der Waals surface area contributed by atoms with Crippen molar-refractivity contribution in [1.82, 2.24) is 9.55 Å². The van der Waals surface area contributed by atoms with Gasteiger partial charge in [-0.2, -0.15) is 0 Å². The van der Waals surface area contributed by atoms with Gasteiger partial charge in [-0.15, -0.1) is 0 Å². The molecule has 0 aliphatic heterocycles. The fourth-order valence-electron chi connectivity index (χ4n) is 1.01. The summed E-state index contributed by atoms with van der Waals surface area (Å²) in [5.41, 5.74) is 1.02. The number of nitrogens with zero attached hydrogens (tertiary/aromatic N) is 2. The number of imidazole rings is 1. The molecule has 0 N–H and O–H groups in total. The van der Waals surface area contributed by atoms with E-state index in [-0.39, 0.29) is 5.04 Å². The van der Waals surface area contributed by atoms with Crippen molar-refractivity contribution in [3.8, 4) is 0 Å². The van der Waals surface area contributed by atoms with Crippen LogP contribution in [0.4, 0.5) is 0 Å². The van der Waals surface area contributed by atoms with Crippen LogP contribution in [0.15, 0.2) is 12.5 Å². The van der Waals surface area contributed by atoms with Crippen LogP contribution >= 0.6 is 0 Å². The van der Waals surface area contributed by atoms with E-state index in [9.17, 15) is 0 Å². The summed E-state index contributed by atoms with van der Waals surface area (Å²) in [4.78, 5) is 4.26. The zero-order chi connectivity index (χ0) is 11.7.